The van der Waals surface area contributed by atoms with E-state index in [1.165, 1.54) is 6.26 Å². The van der Waals surface area contributed by atoms with Crippen molar-refractivity contribution in [1.82, 2.24) is 5.23 Å². The van der Waals surface area contributed by atoms with Gasteiger partial charge in [0.15, 0.2) is 0 Å². The quantitative estimate of drug-likeness (QED) is 0.608. The molecule has 0 saturated heterocycles. The molecule has 0 aliphatic carbocycles. The summed E-state index contributed by atoms with van der Waals surface area (Å²) in [5, 5.41) is 1.01. The van der Waals surface area contributed by atoms with Crippen LogP contribution in [0, 0.1) is 0 Å². The van der Waals surface area contributed by atoms with E-state index in [9.17, 15) is 13.6 Å². The van der Waals surface area contributed by atoms with Crippen LogP contribution in [-0.2, 0) is 20.5 Å². The average Bonchev–Trinajstić information content (AvgIpc) is 2.71. The van der Waals surface area contributed by atoms with Gasteiger partial charge in [-0.2, -0.15) is 4.28 Å². The van der Waals surface area contributed by atoms with E-state index in [1.54, 1.807) is 24.3 Å². The minimum atomic E-state index is -2.81. The highest BCUT2D eigenvalue weighted by atomic mass is 32.2. The van der Waals surface area contributed by atoms with Crippen LogP contribution in [0.5, 0.6) is 0 Å². The molecule has 0 aliphatic rings. The number of nitrogens with zero attached hydrogens (tertiary/aromatic N) is 1. The van der Waals surface area contributed by atoms with Gasteiger partial charge in [-0.25, -0.2) is 9.00 Å². The number of fused-ring (bicyclic) bond motifs is 1. The lowest BCUT2D eigenvalue weighted by molar-refractivity contribution is -0.257. The summed E-state index contributed by atoms with van der Waals surface area (Å²) >= 11 is -2.81. The van der Waals surface area contributed by atoms with Crippen LogP contribution in [0.3, 0.4) is 0 Å². The van der Waals surface area contributed by atoms with E-state index < -0.39 is 17.3 Å². The first kappa shape index (κ1) is 12.7. The summed E-state index contributed by atoms with van der Waals surface area (Å²) in [7, 11) is 1.13. The van der Waals surface area contributed by atoms with Crippen LogP contribution >= 0.6 is 0 Å². The molecule has 2 rings (SSSR count). The SMILES string of the molecule is CN(OC(=O)c1coc2ccccc12)OS(=O)[O-]. The number of hydrogen-bond acceptors (Lipinski definition) is 7. The summed E-state index contributed by atoms with van der Waals surface area (Å²) < 4.78 is 29.7. The van der Waals surface area contributed by atoms with Gasteiger partial charge >= 0.3 is 5.97 Å². The summed E-state index contributed by atoms with van der Waals surface area (Å²) in [6, 6.07) is 6.87. The second-order valence-corrected chi connectivity index (χ2v) is 3.80. The Kier molecular flexibility index (Phi) is 3.72. The van der Waals surface area contributed by atoms with Crippen molar-refractivity contribution in [2.45, 2.75) is 0 Å². The molecule has 0 radical (unpaired) electrons. The van der Waals surface area contributed by atoms with Crippen molar-refractivity contribution in [1.29, 1.82) is 0 Å². The molecule has 1 heterocycles. The molecule has 0 aliphatic heterocycles. The number of hydrogen-bond donors (Lipinski definition) is 0. The maximum atomic E-state index is 11.7. The Morgan fingerprint density at radius 1 is 1.44 bits per heavy atom. The maximum absolute atomic E-state index is 11.7. The average molecular weight is 270 g/mol. The Labute approximate surface area is 104 Å². The van der Waals surface area contributed by atoms with Crippen LogP contribution in [0.25, 0.3) is 11.0 Å². The van der Waals surface area contributed by atoms with Gasteiger partial charge in [-0.1, -0.05) is 18.2 Å². The second kappa shape index (κ2) is 5.27. The number of furan rings is 1. The fourth-order valence-electron chi connectivity index (χ4n) is 1.40. The van der Waals surface area contributed by atoms with E-state index in [4.69, 9.17) is 4.42 Å². The Bertz CT molecular complexity index is 595. The molecular formula is C10H8NO6S-. The highest BCUT2D eigenvalue weighted by Crippen LogP contribution is 2.21. The Morgan fingerprint density at radius 2 is 2.17 bits per heavy atom. The number of rotatable bonds is 4. The summed E-state index contributed by atoms with van der Waals surface area (Å²) in [6.45, 7) is 0. The van der Waals surface area contributed by atoms with Crippen molar-refractivity contribution in [3.8, 4) is 0 Å². The molecule has 18 heavy (non-hydrogen) atoms. The number of carbonyl (C=O) groups excluding carboxylic acids is 1. The van der Waals surface area contributed by atoms with Crippen molar-refractivity contribution >= 4 is 28.3 Å². The third kappa shape index (κ3) is 2.74. The van der Waals surface area contributed by atoms with Gasteiger partial charge in [-0.3, -0.25) is 0 Å². The molecule has 0 spiro atoms. The van der Waals surface area contributed by atoms with E-state index >= 15 is 0 Å². The first-order valence-electron chi connectivity index (χ1n) is 4.78. The molecular weight excluding hydrogens is 262 g/mol. The monoisotopic (exact) mass is 270 g/mol. The smallest absolute Gasteiger partial charge is 0.363 e. The normalized spacial score (nSPS) is 12.8. The third-order valence-electron chi connectivity index (χ3n) is 2.08. The summed E-state index contributed by atoms with van der Waals surface area (Å²) in [6.07, 6.45) is 1.23. The molecule has 0 N–H and O–H groups in total. The maximum Gasteiger partial charge on any atom is 0.363 e. The Morgan fingerprint density at radius 3 is 2.89 bits per heavy atom. The molecule has 2 aromatic rings. The van der Waals surface area contributed by atoms with Crippen LogP contribution in [0.4, 0.5) is 0 Å². The number of hydroxylamine groups is 2. The molecule has 0 fully saturated rings. The van der Waals surface area contributed by atoms with E-state index in [1.807, 2.05) is 0 Å². The molecule has 1 aromatic carbocycles. The van der Waals surface area contributed by atoms with Gasteiger partial charge in [0.2, 0.25) is 0 Å². The molecule has 96 valence electrons. The Balaban J connectivity index is 2.16. The van der Waals surface area contributed by atoms with E-state index in [-0.39, 0.29) is 5.56 Å². The van der Waals surface area contributed by atoms with Crippen LogP contribution in [0.1, 0.15) is 10.4 Å². The van der Waals surface area contributed by atoms with Gasteiger partial charge in [-0.05, 0) is 11.3 Å². The van der Waals surface area contributed by atoms with Gasteiger partial charge in [0.05, 0.1) is 7.05 Å². The van der Waals surface area contributed by atoms with Crippen LogP contribution in [-0.4, -0.2) is 27.0 Å². The molecule has 1 aromatic heterocycles. The summed E-state index contributed by atoms with van der Waals surface area (Å²) in [4.78, 5) is 16.3. The van der Waals surface area contributed by atoms with Crippen molar-refractivity contribution in [3.05, 3.63) is 36.1 Å². The van der Waals surface area contributed by atoms with Crippen molar-refractivity contribution < 1.29 is 27.1 Å². The molecule has 7 nitrogen and oxygen atoms in total. The zero-order chi connectivity index (χ0) is 13.1. The predicted octanol–water partition coefficient (Wildman–Crippen LogP) is 1.16. The van der Waals surface area contributed by atoms with Gasteiger partial charge in [0.1, 0.15) is 28.8 Å². The molecule has 1 unspecified atom stereocenters. The van der Waals surface area contributed by atoms with Gasteiger partial charge in [0, 0.05) is 5.39 Å². The summed E-state index contributed by atoms with van der Waals surface area (Å²) in [5.74, 6) is -0.784. The molecule has 1 atom stereocenters. The minimum absolute atomic E-state index is 0.178. The zero-order valence-corrected chi connectivity index (χ0v) is 10.0. The van der Waals surface area contributed by atoms with Crippen molar-refractivity contribution in [2.75, 3.05) is 7.05 Å². The predicted molar refractivity (Wildman–Crippen MR) is 59.4 cm³/mol. The van der Waals surface area contributed by atoms with Crippen LogP contribution < -0.4 is 0 Å². The molecule has 0 amide bonds. The third-order valence-corrected chi connectivity index (χ3v) is 2.41. The van der Waals surface area contributed by atoms with E-state index in [0.29, 0.717) is 16.2 Å². The topological polar surface area (TPSA) is 92.0 Å². The number of para-hydroxylation sites is 1. The van der Waals surface area contributed by atoms with E-state index in [2.05, 4.69) is 9.12 Å². The Hall–Kier alpha value is -1.74. The number of benzene rings is 1. The van der Waals surface area contributed by atoms with E-state index in [0.717, 1.165) is 7.05 Å². The molecule has 0 bridgehead atoms. The summed E-state index contributed by atoms with van der Waals surface area (Å²) in [5.41, 5.74) is 0.707. The van der Waals surface area contributed by atoms with Gasteiger partial charge in [0.25, 0.3) is 0 Å². The first-order chi connectivity index (χ1) is 8.58. The van der Waals surface area contributed by atoms with Crippen molar-refractivity contribution in [3.63, 3.8) is 0 Å². The zero-order valence-electron chi connectivity index (χ0n) is 9.19. The fourth-order valence-corrected chi connectivity index (χ4v) is 1.60. The van der Waals surface area contributed by atoms with Crippen molar-refractivity contribution in [2.24, 2.45) is 0 Å². The fraction of sp³-hybridized carbons (Fsp3) is 0.100. The highest BCUT2D eigenvalue weighted by molar-refractivity contribution is 7.74. The molecule has 0 saturated carbocycles. The largest absolute Gasteiger partial charge is 0.748 e. The lowest BCUT2D eigenvalue weighted by Gasteiger charge is -2.15. The van der Waals surface area contributed by atoms with Gasteiger partial charge < -0.3 is 13.8 Å². The first-order valence-corrected chi connectivity index (χ1v) is 5.78. The van der Waals surface area contributed by atoms with Crippen LogP contribution in [0.15, 0.2) is 34.9 Å². The lowest BCUT2D eigenvalue weighted by Crippen LogP contribution is -2.24. The van der Waals surface area contributed by atoms with Gasteiger partial charge in [-0.15, -0.1) is 0 Å². The molecule has 8 heteroatoms. The standard InChI is InChI=1S/C10H9NO6S/c1-11(17-18(13)14)16-10(12)8-6-15-9-5-3-2-4-7(8)9/h2-6H,1H3,(H,13,14)/p-1. The minimum Gasteiger partial charge on any atom is -0.748 e. The highest BCUT2D eigenvalue weighted by Gasteiger charge is 2.17. The van der Waals surface area contributed by atoms with Crippen LogP contribution in [0.2, 0.25) is 0 Å². The number of carbonyl (C=O) groups is 1. The lowest BCUT2D eigenvalue weighted by atomic mass is 10.2. The second-order valence-electron chi connectivity index (χ2n) is 3.24.